The standard InChI is InChI=1S/C13H3B9FN3O6/c14-3-4(23)6(27)1-2(5(3)26(21)22)12(17,18)25(7(1)28)11(31)9(30)24(20)8(29)10(15,16)13(11,19)32/h27,31-32H. The molecule has 140 valence electrons. The first kappa shape index (κ1) is 24.5. The number of hydrogen-bond donors (Lipinski definition) is 3. The van der Waals surface area contributed by atoms with E-state index >= 15 is 0 Å². The molecule has 2 unspecified atom stereocenters. The molecule has 9 nitrogen and oxygen atoms in total. The van der Waals surface area contributed by atoms with Gasteiger partial charge in [-0.3, -0.25) is 14.4 Å². The number of phenols is 1. The summed E-state index contributed by atoms with van der Waals surface area (Å²) in [5.74, 6) is -8.38. The number of halogens is 1. The number of piperidine rings is 1. The van der Waals surface area contributed by atoms with Gasteiger partial charge >= 0.3 is 0 Å². The number of carbonyl (C=O) groups excluding carboxylic acids is 3. The van der Waals surface area contributed by atoms with Crippen molar-refractivity contribution in [2.75, 3.05) is 4.72 Å². The Bertz CT molecular complexity index is 1100. The summed E-state index contributed by atoms with van der Waals surface area (Å²) >= 11 is 0. The summed E-state index contributed by atoms with van der Waals surface area (Å²) < 4.78 is 14.7. The number of anilines is 1. The van der Waals surface area contributed by atoms with Gasteiger partial charge in [-0.05, 0) is 21.6 Å². The molecule has 0 spiro atoms. The van der Waals surface area contributed by atoms with E-state index < -0.39 is 73.3 Å². The van der Waals surface area contributed by atoms with Crippen molar-refractivity contribution in [2.45, 2.75) is 21.8 Å². The molecule has 1 fully saturated rings. The fraction of sp³-hybridized carbons (Fsp3) is 0.308. The van der Waals surface area contributed by atoms with Gasteiger partial charge in [0.2, 0.25) is 35.6 Å². The maximum atomic E-state index is 14.5. The van der Waals surface area contributed by atoms with Gasteiger partial charge in [-0.25, -0.2) is 4.39 Å². The summed E-state index contributed by atoms with van der Waals surface area (Å²) in [6, 6.07) is 0. The fourth-order valence-corrected chi connectivity index (χ4v) is 3.73. The number of fused-ring (bicyclic) bond motifs is 1. The first-order valence-electron chi connectivity index (χ1n) is 8.32. The molecule has 2 aliphatic heterocycles. The maximum absolute atomic E-state index is 14.5. The summed E-state index contributed by atoms with van der Waals surface area (Å²) in [6.45, 7) is 0. The number of phenolic OH excluding ortho intramolecular Hbond substituents is 1. The third kappa shape index (κ3) is 2.49. The smallest absolute Gasteiger partial charge is 0.271 e. The third-order valence-electron chi connectivity index (χ3n) is 5.44. The van der Waals surface area contributed by atoms with Gasteiger partial charge in [0, 0.05) is 5.69 Å². The van der Waals surface area contributed by atoms with Crippen LogP contribution in [-0.4, -0.2) is 125 Å². The number of aromatic hydroxyl groups is 1. The molecule has 32 heavy (non-hydrogen) atoms. The first-order valence-corrected chi connectivity index (χ1v) is 8.32. The van der Waals surface area contributed by atoms with Crippen LogP contribution < -0.4 is 10.2 Å². The molecule has 1 aromatic carbocycles. The number of hydrogen-bond acceptors (Lipinski definition) is 7. The van der Waals surface area contributed by atoms with Gasteiger partial charge in [-0.1, -0.05) is 0 Å². The minimum Gasteiger partial charge on any atom is -0.504 e. The molecule has 2 aliphatic rings. The summed E-state index contributed by atoms with van der Waals surface area (Å²) in [6.07, 6.45) is 0. The van der Waals surface area contributed by atoms with E-state index in [2.05, 4.69) is 0 Å². The molecule has 3 N–H and O–H groups in total. The van der Waals surface area contributed by atoms with Crippen LogP contribution >= 0.6 is 0 Å². The largest absolute Gasteiger partial charge is 0.504 e. The van der Waals surface area contributed by atoms with E-state index in [1.807, 2.05) is 0 Å². The highest BCUT2D eigenvalue weighted by Gasteiger charge is 2.72. The lowest BCUT2D eigenvalue weighted by molar-refractivity contribution is -0.217. The monoisotopic (exact) mass is 415 g/mol. The van der Waals surface area contributed by atoms with Crippen LogP contribution in [0.15, 0.2) is 0 Å². The average Bonchev–Trinajstić information content (AvgIpc) is 2.88. The average molecular weight is 413 g/mol. The molecule has 1 aromatic rings. The predicted octanol–water partition coefficient (Wildman–Crippen LogP) is -6.35. The molecule has 0 saturated carbocycles. The van der Waals surface area contributed by atoms with E-state index in [4.69, 9.17) is 71.0 Å². The van der Waals surface area contributed by atoms with Crippen molar-refractivity contribution in [1.82, 2.24) is 9.71 Å². The molecule has 3 rings (SSSR count). The van der Waals surface area contributed by atoms with E-state index in [1.165, 1.54) is 0 Å². The van der Waals surface area contributed by atoms with Gasteiger partial charge in [0.15, 0.2) is 11.6 Å². The van der Waals surface area contributed by atoms with Gasteiger partial charge in [0.05, 0.1) is 42.4 Å². The lowest BCUT2D eigenvalue weighted by Crippen LogP contribution is -2.83. The van der Waals surface area contributed by atoms with Crippen molar-refractivity contribution >= 4 is 99.9 Å². The van der Waals surface area contributed by atoms with E-state index in [0.717, 1.165) is 0 Å². The summed E-state index contributed by atoms with van der Waals surface area (Å²) in [7, 11) is 50.2. The van der Waals surface area contributed by atoms with Crippen LogP contribution in [0.4, 0.5) is 10.1 Å². The van der Waals surface area contributed by atoms with Crippen molar-refractivity contribution in [3.8, 4) is 5.75 Å². The Morgan fingerprint density at radius 1 is 0.969 bits per heavy atom. The van der Waals surface area contributed by atoms with Crippen molar-refractivity contribution in [2.24, 2.45) is 0 Å². The van der Waals surface area contributed by atoms with Crippen LogP contribution in [0.3, 0.4) is 0 Å². The molecule has 2 atom stereocenters. The highest BCUT2D eigenvalue weighted by Crippen LogP contribution is 2.53. The minimum atomic E-state index is -3.87. The Kier molecular flexibility index (Phi) is 5.13. The molecule has 0 aromatic heterocycles. The van der Waals surface area contributed by atoms with Gasteiger partial charge in [-0.15, -0.1) is 0 Å². The highest BCUT2D eigenvalue weighted by molar-refractivity contribution is 6.59. The second-order valence-electron chi connectivity index (χ2n) is 7.34. The lowest BCUT2D eigenvalue weighted by Gasteiger charge is -2.60. The third-order valence-corrected chi connectivity index (χ3v) is 5.44. The second kappa shape index (κ2) is 6.69. The summed E-state index contributed by atoms with van der Waals surface area (Å²) in [5.41, 5.74) is -11.2. The maximum Gasteiger partial charge on any atom is 0.271 e. The van der Waals surface area contributed by atoms with E-state index in [-0.39, 0.29) is 14.4 Å². The molecule has 2 heterocycles. The van der Waals surface area contributed by atoms with Crippen molar-refractivity contribution in [1.29, 1.82) is 0 Å². The molecule has 19 heteroatoms. The molecule has 0 bridgehead atoms. The summed E-state index contributed by atoms with van der Waals surface area (Å²) in [5, 5.41) is 26.0. The zero-order valence-electron chi connectivity index (χ0n) is 16.0. The Balaban J connectivity index is 2.43. The van der Waals surface area contributed by atoms with Gasteiger partial charge in [0.25, 0.3) is 11.8 Å². The Labute approximate surface area is 193 Å². The highest BCUT2D eigenvalue weighted by atomic mass is 19.1. The lowest BCUT2D eigenvalue weighted by atomic mass is 9.36. The zero-order valence-corrected chi connectivity index (χ0v) is 16.0. The Morgan fingerprint density at radius 2 is 1.47 bits per heavy atom. The molecule has 3 amide bonds. The molecule has 1 saturated heterocycles. The SMILES string of the molecule is [B]c1c(F)c(O)c2c(c1N([B])[B])C([B])([B])N(C1(O)C(=O)N([B])C(=O)C([B])([B])C1([B])O)C2=O. The quantitative estimate of drug-likeness (QED) is 0.326. The van der Waals surface area contributed by atoms with Crippen LogP contribution in [0.1, 0.15) is 15.9 Å². The second-order valence-corrected chi connectivity index (χ2v) is 7.34. The van der Waals surface area contributed by atoms with Crippen LogP contribution in [0, 0.1) is 5.82 Å². The normalized spacial score (nSPS) is 28.7. The Hall–Kier alpha value is -2.14. The predicted molar refractivity (Wildman–Crippen MR) is 114 cm³/mol. The van der Waals surface area contributed by atoms with Crippen LogP contribution in [-0.2, 0) is 14.9 Å². The molecule has 0 aliphatic carbocycles. The zero-order chi connectivity index (χ0) is 24.9. The van der Waals surface area contributed by atoms with Crippen LogP contribution in [0.5, 0.6) is 5.75 Å². The topological polar surface area (TPSA) is 122 Å². The van der Waals surface area contributed by atoms with Crippen molar-refractivity contribution in [3.05, 3.63) is 16.9 Å². The number of imide groups is 1. The van der Waals surface area contributed by atoms with Gasteiger partial charge in [-0.2, -0.15) is 0 Å². The van der Waals surface area contributed by atoms with Crippen LogP contribution in [0.25, 0.3) is 0 Å². The van der Waals surface area contributed by atoms with Gasteiger partial charge < -0.3 is 29.8 Å². The first-order chi connectivity index (χ1) is 14.3. The van der Waals surface area contributed by atoms with E-state index in [9.17, 15) is 34.1 Å². The molecule has 18 radical (unpaired) electrons. The number of carbonyl (C=O) groups is 3. The fourth-order valence-electron chi connectivity index (χ4n) is 3.73. The van der Waals surface area contributed by atoms with E-state index in [0.29, 0.717) is 0 Å². The molecular formula is C13H3B9FN3O6. The molecular weight excluding hydrogens is 410 g/mol. The summed E-state index contributed by atoms with van der Waals surface area (Å²) in [4.78, 5) is 37.6. The van der Waals surface area contributed by atoms with E-state index in [1.54, 1.807) is 0 Å². The van der Waals surface area contributed by atoms with Gasteiger partial charge in [0.1, 0.15) is 15.7 Å². The van der Waals surface area contributed by atoms with Crippen molar-refractivity contribution < 1.29 is 34.1 Å². The number of amides is 3. The number of benzene rings is 1. The number of aliphatic hydroxyl groups is 2. The number of rotatable bonds is 2. The van der Waals surface area contributed by atoms with Crippen LogP contribution in [0.2, 0.25) is 5.21 Å². The number of nitrogens with zero attached hydrogens (tertiary/aromatic N) is 3. The van der Waals surface area contributed by atoms with Crippen molar-refractivity contribution in [3.63, 3.8) is 0 Å². The minimum absolute atomic E-state index is 0.179. The Morgan fingerprint density at radius 3 is 1.94 bits per heavy atom.